The van der Waals surface area contributed by atoms with E-state index in [-0.39, 0.29) is 0 Å². The van der Waals surface area contributed by atoms with Crippen LogP contribution >= 0.6 is 15.9 Å². The van der Waals surface area contributed by atoms with Gasteiger partial charge < -0.3 is 24.5 Å². The predicted octanol–water partition coefficient (Wildman–Crippen LogP) is 5.61. The molecule has 0 spiro atoms. The quantitative estimate of drug-likeness (QED) is 0.247. The van der Waals surface area contributed by atoms with Gasteiger partial charge in [0.1, 0.15) is 11.4 Å². The lowest BCUT2D eigenvalue weighted by Gasteiger charge is -2.23. The van der Waals surface area contributed by atoms with E-state index in [1.165, 1.54) is 14.2 Å². The molecule has 0 radical (unpaired) electrons. The van der Waals surface area contributed by atoms with Crippen molar-refractivity contribution < 1.29 is 28.6 Å². The first-order chi connectivity index (χ1) is 17.5. The molecule has 0 bridgehead atoms. The number of aromatic amines is 1. The zero-order valence-corrected chi connectivity index (χ0v) is 22.8. The lowest BCUT2D eigenvalue weighted by Crippen LogP contribution is -2.36. The second kappa shape index (κ2) is 11.9. The average molecular weight is 573 g/mol. The highest BCUT2D eigenvalue weighted by Gasteiger charge is 2.24. The molecule has 0 aliphatic carbocycles. The number of esters is 1. The highest BCUT2D eigenvalue weighted by Crippen LogP contribution is 2.31. The maximum Gasteiger partial charge on any atom is 0.411 e. The Morgan fingerprint density at radius 1 is 1.05 bits per heavy atom. The number of ether oxygens (including phenoxy) is 3. The number of hydrogen-bond donors (Lipinski definition) is 3. The molecule has 0 saturated carbocycles. The molecule has 0 saturated heterocycles. The highest BCUT2D eigenvalue weighted by molar-refractivity contribution is 9.10. The van der Waals surface area contributed by atoms with Crippen LogP contribution in [0.4, 0.5) is 15.3 Å². The van der Waals surface area contributed by atoms with Crippen LogP contribution in [0.3, 0.4) is 0 Å². The van der Waals surface area contributed by atoms with E-state index in [2.05, 4.69) is 41.3 Å². The molecule has 0 aliphatic heterocycles. The summed E-state index contributed by atoms with van der Waals surface area (Å²) in [5.74, 6) is 0.0433. The van der Waals surface area contributed by atoms with Crippen molar-refractivity contribution in [1.82, 2.24) is 15.3 Å². The summed E-state index contributed by atoms with van der Waals surface area (Å²) in [5, 5.41) is 5.48. The van der Waals surface area contributed by atoms with Crippen LogP contribution in [0.25, 0.3) is 11.3 Å². The third-order valence-electron chi connectivity index (χ3n) is 5.10. The average Bonchev–Trinajstić information content (AvgIpc) is 3.32. The maximum absolute atomic E-state index is 12.6. The standard InChI is InChI=1S/C26H29BrN4O6/c1-26(2,3)37-25(34)31-20(12-15-7-6-8-16(11-15)23(32)35-4)22-28-14-21(30-22)18-10-9-17(13-19(18)27)29-24(33)36-5/h6-11,13-14,20H,12H2,1-5H3,(H,28,30)(H,29,33)(H,31,34)/t20-/m0/s1. The normalized spacial score (nSPS) is 11.8. The summed E-state index contributed by atoms with van der Waals surface area (Å²) in [5.41, 5.74) is 2.54. The summed E-state index contributed by atoms with van der Waals surface area (Å²) >= 11 is 3.52. The second-order valence-corrected chi connectivity index (χ2v) is 9.94. The number of imidazole rings is 1. The fourth-order valence-corrected chi connectivity index (χ4v) is 4.07. The highest BCUT2D eigenvalue weighted by atomic mass is 79.9. The smallest absolute Gasteiger partial charge is 0.411 e. The van der Waals surface area contributed by atoms with Crippen LogP contribution in [-0.4, -0.2) is 47.9 Å². The Kier molecular flexibility index (Phi) is 8.93. The minimum Gasteiger partial charge on any atom is -0.465 e. The number of rotatable bonds is 7. The predicted molar refractivity (Wildman–Crippen MR) is 141 cm³/mol. The number of nitrogens with one attached hydrogen (secondary N) is 3. The van der Waals surface area contributed by atoms with Crippen molar-refractivity contribution in [3.63, 3.8) is 0 Å². The first-order valence-electron chi connectivity index (χ1n) is 11.4. The summed E-state index contributed by atoms with van der Waals surface area (Å²) in [6.45, 7) is 5.34. The molecule has 3 rings (SSSR count). The van der Waals surface area contributed by atoms with Gasteiger partial charge in [0.25, 0.3) is 0 Å². The van der Waals surface area contributed by atoms with Gasteiger partial charge in [-0.15, -0.1) is 0 Å². The van der Waals surface area contributed by atoms with Gasteiger partial charge in [0.05, 0.1) is 37.7 Å². The zero-order chi connectivity index (χ0) is 27.2. The summed E-state index contributed by atoms with van der Waals surface area (Å²) in [7, 11) is 2.61. The van der Waals surface area contributed by atoms with Crippen LogP contribution in [0.15, 0.2) is 53.1 Å². The number of methoxy groups -OCH3 is 2. The van der Waals surface area contributed by atoms with Crippen LogP contribution in [0.5, 0.6) is 0 Å². The molecule has 2 amide bonds. The number of H-pyrrole nitrogens is 1. The number of anilines is 1. The van der Waals surface area contributed by atoms with Gasteiger partial charge >= 0.3 is 18.2 Å². The molecular weight excluding hydrogens is 544 g/mol. The second-order valence-electron chi connectivity index (χ2n) is 9.09. The van der Waals surface area contributed by atoms with Crippen LogP contribution < -0.4 is 10.6 Å². The number of halogens is 1. The molecule has 1 aromatic heterocycles. The van der Waals surface area contributed by atoms with Gasteiger partial charge in [0, 0.05) is 22.1 Å². The number of hydrogen-bond acceptors (Lipinski definition) is 7. The van der Waals surface area contributed by atoms with Gasteiger partial charge in [0.15, 0.2) is 0 Å². The molecule has 37 heavy (non-hydrogen) atoms. The van der Waals surface area contributed by atoms with Crippen molar-refractivity contribution in [2.24, 2.45) is 0 Å². The van der Waals surface area contributed by atoms with E-state index in [1.54, 1.807) is 57.3 Å². The Bertz CT molecular complexity index is 1280. The number of aromatic nitrogens is 2. The first-order valence-corrected chi connectivity index (χ1v) is 12.1. The molecule has 1 atom stereocenters. The van der Waals surface area contributed by atoms with Crippen LogP contribution in [0.2, 0.25) is 0 Å². The molecule has 3 aromatic rings. The fraction of sp³-hybridized carbons (Fsp3) is 0.308. The van der Waals surface area contributed by atoms with Crippen molar-refractivity contribution >= 4 is 39.8 Å². The molecule has 0 aliphatic rings. The van der Waals surface area contributed by atoms with Crippen molar-refractivity contribution in [3.05, 3.63) is 70.1 Å². The molecule has 0 fully saturated rings. The van der Waals surface area contributed by atoms with Gasteiger partial charge in [-0.25, -0.2) is 19.4 Å². The summed E-state index contributed by atoms with van der Waals surface area (Å²) in [4.78, 5) is 43.9. The Morgan fingerprint density at radius 2 is 1.81 bits per heavy atom. The van der Waals surface area contributed by atoms with Gasteiger partial charge in [-0.3, -0.25) is 5.32 Å². The van der Waals surface area contributed by atoms with Gasteiger partial charge in [-0.05, 0) is 56.7 Å². The Hall–Kier alpha value is -3.86. The van der Waals surface area contributed by atoms with Crippen molar-refractivity contribution in [2.75, 3.05) is 19.5 Å². The molecule has 11 heteroatoms. The van der Waals surface area contributed by atoms with E-state index in [9.17, 15) is 14.4 Å². The largest absolute Gasteiger partial charge is 0.465 e. The minimum atomic E-state index is -0.682. The lowest BCUT2D eigenvalue weighted by atomic mass is 10.0. The molecular formula is C26H29BrN4O6. The Labute approximate surface area is 223 Å². The summed E-state index contributed by atoms with van der Waals surface area (Å²) in [6, 6.07) is 11.7. The van der Waals surface area contributed by atoms with E-state index < -0.39 is 29.8 Å². The monoisotopic (exact) mass is 572 g/mol. The number of alkyl carbamates (subject to hydrolysis) is 1. The molecule has 1 heterocycles. The third kappa shape index (κ3) is 7.81. The van der Waals surface area contributed by atoms with Crippen molar-refractivity contribution in [3.8, 4) is 11.3 Å². The number of benzene rings is 2. The topological polar surface area (TPSA) is 132 Å². The van der Waals surface area contributed by atoms with Gasteiger partial charge in [-0.1, -0.05) is 28.1 Å². The van der Waals surface area contributed by atoms with Crippen LogP contribution in [-0.2, 0) is 20.6 Å². The molecule has 196 valence electrons. The van der Waals surface area contributed by atoms with Gasteiger partial charge in [-0.2, -0.15) is 0 Å². The summed E-state index contributed by atoms with van der Waals surface area (Å²) < 4.78 is 15.6. The fourth-order valence-electron chi connectivity index (χ4n) is 3.48. The van der Waals surface area contributed by atoms with Crippen molar-refractivity contribution in [2.45, 2.75) is 38.8 Å². The first kappa shape index (κ1) is 27.7. The van der Waals surface area contributed by atoms with E-state index in [0.717, 1.165) is 11.1 Å². The molecule has 0 unspecified atom stereocenters. The van der Waals surface area contributed by atoms with Gasteiger partial charge in [0.2, 0.25) is 0 Å². The van der Waals surface area contributed by atoms with E-state index >= 15 is 0 Å². The molecule has 10 nitrogen and oxygen atoms in total. The van der Waals surface area contributed by atoms with Crippen molar-refractivity contribution in [1.29, 1.82) is 0 Å². The molecule has 2 aromatic carbocycles. The van der Waals surface area contributed by atoms with E-state index in [4.69, 9.17) is 9.47 Å². The number of nitrogens with zero attached hydrogens (tertiary/aromatic N) is 1. The Morgan fingerprint density at radius 3 is 2.46 bits per heavy atom. The van der Waals surface area contributed by atoms with E-state index in [1.807, 2.05) is 12.1 Å². The SMILES string of the molecule is COC(=O)Nc1ccc(-c2cnc([C@H](Cc3cccc(C(=O)OC)c3)NC(=O)OC(C)(C)C)[nH]2)c(Br)c1. The number of amides is 2. The van der Waals surface area contributed by atoms with Crippen LogP contribution in [0.1, 0.15) is 48.6 Å². The Balaban J connectivity index is 1.89. The number of carbonyl (C=O) groups is 3. The molecule has 3 N–H and O–H groups in total. The third-order valence-corrected chi connectivity index (χ3v) is 5.75. The van der Waals surface area contributed by atoms with E-state index in [0.29, 0.717) is 33.7 Å². The minimum absolute atomic E-state index is 0.334. The number of carbonyl (C=O) groups excluding carboxylic acids is 3. The van der Waals surface area contributed by atoms with Crippen LogP contribution in [0, 0.1) is 0 Å². The maximum atomic E-state index is 12.6. The summed E-state index contributed by atoms with van der Waals surface area (Å²) in [6.07, 6.45) is 0.812. The zero-order valence-electron chi connectivity index (χ0n) is 21.2. The lowest BCUT2D eigenvalue weighted by molar-refractivity contribution is 0.0499.